The predicted molar refractivity (Wildman–Crippen MR) is 101 cm³/mol. The molecule has 130 valence electrons. The fourth-order valence-electron chi connectivity index (χ4n) is 3.70. The molecular formula is C22H30O2. The van der Waals surface area contributed by atoms with Crippen molar-refractivity contribution in [2.45, 2.75) is 50.9 Å². The minimum Gasteiger partial charge on any atom is -0.498 e. The van der Waals surface area contributed by atoms with Gasteiger partial charge in [-0.3, -0.25) is 0 Å². The molecule has 1 fully saturated rings. The van der Waals surface area contributed by atoms with E-state index in [0.717, 1.165) is 23.5 Å². The lowest BCUT2D eigenvalue weighted by Crippen LogP contribution is -2.29. The van der Waals surface area contributed by atoms with Crippen molar-refractivity contribution in [3.05, 3.63) is 71.7 Å². The van der Waals surface area contributed by atoms with Gasteiger partial charge in [0.25, 0.3) is 0 Å². The maximum absolute atomic E-state index is 5.38. The second-order valence-electron chi connectivity index (χ2n) is 6.70. The Morgan fingerprint density at radius 2 is 1.71 bits per heavy atom. The Hall–Kier alpha value is -1.96. The van der Waals surface area contributed by atoms with Crippen LogP contribution < -0.4 is 0 Å². The molecule has 0 bridgehead atoms. The van der Waals surface area contributed by atoms with Crippen LogP contribution in [0.5, 0.6) is 0 Å². The Labute approximate surface area is 146 Å². The molecule has 24 heavy (non-hydrogen) atoms. The van der Waals surface area contributed by atoms with Crippen molar-refractivity contribution in [1.29, 1.82) is 0 Å². The number of methoxy groups -OCH3 is 2. The van der Waals surface area contributed by atoms with Crippen molar-refractivity contribution in [3.63, 3.8) is 0 Å². The SMILES string of the molecule is C=C(/C=C\C(OC)=C(/C)OC)CC1(c2ccccc2)CCCCC1. The Morgan fingerprint density at radius 3 is 2.29 bits per heavy atom. The van der Waals surface area contributed by atoms with Gasteiger partial charge in [0.1, 0.15) is 5.76 Å². The molecule has 0 N–H and O–H groups in total. The quantitative estimate of drug-likeness (QED) is 0.458. The Kier molecular flexibility index (Phi) is 6.72. The normalized spacial score (nSPS) is 18.1. The van der Waals surface area contributed by atoms with E-state index in [-0.39, 0.29) is 5.41 Å². The maximum Gasteiger partial charge on any atom is 0.156 e. The number of allylic oxidation sites excluding steroid dienone is 4. The summed E-state index contributed by atoms with van der Waals surface area (Å²) in [5, 5.41) is 0. The van der Waals surface area contributed by atoms with Crippen LogP contribution in [0.25, 0.3) is 0 Å². The number of rotatable bonds is 7. The summed E-state index contributed by atoms with van der Waals surface area (Å²) >= 11 is 0. The van der Waals surface area contributed by atoms with Gasteiger partial charge in [-0.05, 0) is 43.2 Å². The van der Waals surface area contributed by atoms with Crippen LogP contribution in [0.2, 0.25) is 0 Å². The summed E-state index contributed by atoms with van der Waals surface area (Å²) < 4.78 is 10.6. The lowest BCUT2D eigenvalue weighted by atomic mass is 9.66. The summed E-state index contributed by atoms with van der Waals surface area (Å²) in [6.07, 6.45) is 11.5. The molecule has 0 spiro atoms. The Balaban J connectivity index is 2.17. The first-order chi connectivity index (χ1) is 11.6. The monoisotopic (exact) mass is 326 g/mol. The number of hydrogen-bond acceptors (Lipinski definition) is 2. The lowest BCUT2D eigenvalue weighted by Gasteiger charge is -2.38. The summed E-state index contributed by atoms with van der Waals surface area (Å²) in [6, 6.07) is 10.9. The summed E-state index contributed by atoms with van der Waals surface area (Å²) in [5.41, 5.74) is 2.82. The molecule has 0 saturated heterocycles. The molecule has 0 radical (unpaired) electrons. The molecular weight excluding hydrogens is 296 g/mol. The van der Waals surface area contributed by atoms with Crippen LogP contribution in [0, 0.1) is 0 Å². The van der Waals surface area contributed by atoms with Crippen molar-refractivity contribution in [2.24, 2.45) is 0 Å². The molecule has 1 aliphatic rings. The third-order valence-corrected chi connectivity index (χ3v) is 5.11. The number of ether oxygens (including phenoxy) is 2. The average molecular weight is 326 g/mol. The van der Waals surface area contributed by atoms with Crippen molar-refractivity contribution >= 4 is 0 Å². The zero-order valence-electron chi connectivity index (χ0n) is 15.3. The highest BCUT2D eigenvalue weighted by molar-refractivity contribution is 5.32. The van der Waals surface area contributed by atoms with E-state index < -0.39 is 0 Å². The lowest BCUT2D eigenvalue weighted by molar-refractivity contribution is 0.232. The molecule has 1 saturated carbocycles. The van der Waals surface area contributed by atoms with E-state index in [1.54, 1.807) is 14.2 Å². The molecule has 1 aliphatic carbocycles. The second kappa shape index (κ2) is 8.77. The molecule has 1 aromatic carbocycles. The molecule has 2 rings (SSSR count). The van der Waals surface area contributed by atoms with Gasteiger partial charge >= 0.3 is 0 Å². The predicted octanol–water partition coefficient (Wildman–Crippen LogP) is 5.92. The van der Waals surface area contributed by atoms with Crippen LogP contribution in [-0.2, 0) is 14.9 Å². The van der Waals surface area contributed by atoms with Crippen LogP contribution in [0.4, 0.5) is 0 Å². The van der Waals surface area contributed by atoms with Crippen LogP contribution >= 0.6 is 0 Å². The zero-order valence-corrected chi connectivity index (χ0v) is 15.3. The highest BCUT2D eigenvalue weighted by Gasteiger charge is 2.33. The van der Waals surface area contributed by atoms with Crippen molar-refractivity contribution in [1.82, 2.24) is 0 Å². The highest BCUT2D eigenvalue weighted by Crippen LogP contribution is 2.43. The number of hydrogen-bond donors (Lipinski definition) is 0. The topological polar surface area (TPSA) is 18.5 Å². The van der Waals surface area contributed by atoms with Gasteiger partial charge in [0.15, 0.2) is 5.76 Å². The molecule has 2 nitrogen and oxygen atoms in total. The highest BCUT2D eigenvalue weighted by atomic mass is 16.5. The van der Waals surface area contributed by atoms with Gasteiger partial charge in [0.05, 0.1) is 14.2 Å². The maximum atomic E-state index is 5.38. The number of benzene rings is 1. The van der Waals surface area contributed by atoms with E-state index >= 15 is 0 Å². The van der Waals surface area contributed by atoms with E-state index in [1.807, 2.05) is 13.0 Å². The second-order valence-corrected chi connectivity index (χ2v) is 6.70. The fourth-order valence-corrected chi connectivity index (χ4v) is 3.70. The smallest absolute Gasteiger partial charge is 0.156 e. The van der Waals surface area contributed by atoms with E-state index in [0.29, 0.717) is 0 Å². The van der Waals surface area contributed by atoms with Crippen molar-refractivity contribution < 1.29 is 9.47 Å². The van der Waals surface area contributed by atoms with Gasteiger partial charge in [0, 0.05) is 0 Å². The van der Waals surface area contributed by atoms with E-state index in [1.165, 1.54) is 37.7 Å². The first-order valence-electron chi connectivity index (χ1n) is 8.81. The largest absolute Gasteiger partial charge is 0.498 e. The van der Waals surface area contributed by atoms with Crippen LogP contribution in [0.3, 0.4) is 0 Å². The zero-order chi connectivity index (χ0) is 17.4. The third kappa shape index (κ3) is 4.53. The van der Waals surface area contributed by atoms with Gasteiger partial charge in [-0.15, -0.1) is 0 Å². The van der Waals surface area contributed by atoms with Crippen LogP contribution in [0.1, 0.15) is 51.0 Å². The minimum atomic E-state index is 0.230. The molecule has 0 aromatic heterocycles. The van der Waals surface area contributed by atoms with Crippen LogP contribution in [0.15, 0.2) is 66.2 Å². The van der Waals surface area contributed by atoms with Gasteiger partial charge in [-0.1, -0.05) is 67.8 Å². The molecule has 0 amide bonds. The summed E-state index contributed by atoms with van der Waals surface area (Å²) in [6.45, 7) is 6.21. The molecule has 0 atom stereocenters. The van der Waals surface area contributed by atoms with Crippen molar-refractivity contribution in [3.8, 4) is 0 Å². The first kappa shape index (κ1) is 18.4. The van der Waals surface area contributed by atoms with Gasteiger partial charge < -0.3 is 9.47 Å². The van der Waals surface area contributed by atoms with E-state index in [9.17, 15) is 0 Å². The van der Waals surface area contributed by atoms with Gasteiger partial charge in [0.2, 0.25) is 0 Å². The van der Waals surface area contributed by atoms with Gasteiger partial charge in [-0.2, -0.15) is 0 Å². The molecule has 0 unspecified atom stereocenters. The molecule has 0 heterocycles. The third-order valence-electron chi connectivity index (χ3n) is 5.11. The van der Waals surface area contributed by atoms with Gasteiger partial charge in [-0.25, -0.2) is 0 Å². The first-order valence-corrected chi connectivity index (χ1v) is 8.81. The summed E-state index contributed by atoms with van der Waals surface area (Å²) in [5.74, 6) is 1.52. The standard InChI is InChI=1S/C22H30O2/c1-18(13-14-21(24-4)19(2)23-3)17-22(15-9-6-10-16-22)20-11-7-5-8-12-20/h5,7-8,11-14H,1,6,9-10,15-17H2,2-4H3/b14-13-,21-19-. The Morgan fingerprint density at radius 1 is 1.04 bits per heavy atom. The summed E-state index contributed by atoms with van der Waals surface area (Å²) in [4.78, 5) is 0. The minimum absolute atomic E-state index is 0.230. The average Bonchev–Trinajstić information content (AvgIpc) is 2.63. The molecule has 0 aliphatic heterocycles. The molecule has 2 heteroatoms. The Bertz CT molecular complexity index is 590. The van der Waals surface area contributed by atoms with E-state index in [2.05, 4.69) is 43.0 Å². The van der Waals surface area contributed by atoms with Crippen molar-refractivity contribution in [2.75, 3.05) is 14.2 Å². The van der Waals surface area contributed by atoms with Crippen LogP contribution in [-0.4, -0.2) is 14.2 Å². The fraction of sp³-hybridized carbons (Fsp3) is 0.455. The summed E-state index contributed by atoms with van der Waals surface area (Å²) in [7, 11) is 3.32. The molecule has 1 aromatic rings. The van der Waals surface area contributed by atoms with E-state index in [4.69, 9.17) is 9.47 Å².